The van der Waals surface area contributed by atoms with Crippen LogP contribution >= 0.6 is 0 Å². The first kappa shape index (κ1) is 23.1. The van der Waals surface area contributed by atoms with Crippen LogP contribution in [0.2, 0.25) is 0 Å². The fourth-order valence-corrected chi connectivity index (χ4v) is 5.56. The summed E-state index contributed by atoms with van der Waals surface area (Å²) >= 11 is 0. The third kappa shape index (κ3) is 5.20. The van der Waals surface area contributed by atoms with Gasteiger partial charge in [-0.15, -0.1) is 0 Å². The van der Waals surface area contributed by atoms with Gasteiger partial charge in [-0.2, -0.15) is 0 Å². The monoisotopic (exact) mass is 487 g/mol. The lowest BCUT2D eigenvalue weighted by Crippen LogP contribution is -2.50. The molecule has 182 valence electrons. The van der Waals surface area contributed by atoms with Gasteiger partial charge < -0.3 is 19.1 Å². The number of ether oxygens (including phenoxy) is 3. The van der Waals surface area contributed by atoms with Crippen molar-refractivity contribution in [2.45, 2.75) is 30.4 Å². The quantitative estimate of drug-likeness (QED) is 0.636. The van der Waals surface area contributed by atoms with Crippen LogP contribution < -0.4 is 14.2 Å². The van der Waals surface area contributed by atoms with Crippen molar-refractivity contribution in [1.82, 2.24) is 14.5 Å². The molecule has 0 unspecified atom stereocenters. The molecule has 2 fully saturated rings. The maximum absolute atomic E-state index is 13.1. The molecular weight excluding hydrogens is 458 g/mol. The Morgan fingerprint density at radius 3 is 2.65 bits per heavy atom. The maximum atomic E-state index is 13.1. The van der Waals surface area contributed by atoms with Crippen LogP contribution in [0.4, 0.5) is 0 Å². The molecule has 3 heterocycles. The Balaban J connectivity index is 1.19. The predicted octanol–water partition coefficient (Wildman–Crippen LogP) is 1.83. The molecule has 1 amide bonds. The zero-order chi connectivity index (χ0) is 23.5. The largest absolute Gasteiger partial charge is 0.454 e. The number of sulfonamides is 1. The molecule has 0 radical (unpaired) electrons. The van der Waals surface area contributed by atoms with E-state index < -0.39 is 10.0 Å². The molecule has 34 heavy (non-hydrogen) atoms. The summed E-state index contributed by atoms with van der Waals surface area (Å²) in [4.78, 5) is 17.2. The first-order valence-corrected chi connectivity index (χ1v) is 13.1. The van der Waals surface area contributed by atoms with E-state index in [0.29, 0.717) is 36.3 Å². The highest BCUT2D eigenvalue weighted by atomic mass is 32.2. The van der Waals surface area contributed by atoms with Crippen molar-refractivity contribution in [1.29, 1.82) is 0 Å². The van der Waals surface area contributed by atoms with Crippen LogP contribution in [0, 0.1) is 0 Å². The van der Waals surface area contributed by atoms with Crippen molar-refractivity contribution in [2.24, 2.45) is 0 Å². The second kappa shape index (κ2) is 9.91. The molecule has 1 atom stereocenters. The topological polar surface area (TPSA) is 97.4 Å². The normalized spacial score (nSPS) is 20.6. The number of carbonyl (C=O) groups is 1. The van der Waals surface area contributed by atoms with Crippen LogP contribution in [-0.4, -0.2) is 76.4 Å². The van der Waals surface area contributed by atoms with Crippen molar-refractivity contribution < 1.29 is 27.4 Å². The van der Waals surface area contributed by atoms with Crippen LogP contribution in [0.15, 0.2) is 47.4 Å². The third-order valence-electron chi connectivity index (χ3n) is 6.44. The van der Waals surface area contributed by atoms with E-state index in [-0.39, 0.29) is 24.1 Å². The summed E-state index contributed by atoms with van der Waals surface area (Å²) in [5.41, 5.74) is 1.12. The highest BCUT2D eigenvalue weighted by molar-refractivity contribution is 7.89. The van der Waals surface area contributed by atoms with Gasteiger partial charge in [0.15, 0.2) is 11.5 Å². The molecule has 3 aliphatic heterocycles. The van der Waals surface area contributed by atoms with Gasteiger partial charge in [0, 0.05) is 51.4 Å². The summed E-state index contributed by atoms with van der Waals surface area (Å²) in [6.07, 6.45) is 2.52. The van der Waals surface area contributed by atoms with Crippen LogP contribution in [0.1, 0.15) is 28.8 Å². The fourth-order valence-electron chi connectivity index (χ4n) is 4.50. The number of hydrogen-bond acceptors (Lipinski definition) is 7. The lowest BCUT2D eigenvalue weighted by Gasteiger charge is -2.35. The number of hydrogen-bond donors (Lipinski definition) is 1. The number of rotatable bonds is 7. The minimum absolute atomic E-state index is 0.0658. The van der Waals surface area contributed by atoms with Crippen molar-refractivity contribution in [2.75, 3.05) is 46.1 Å². The lowest BCUT2D eigenvalue weighted by molar-refractivity contribution is 0.0432. The van der Waals surface area contributed by atoms with Crippen LogP contribution in [0.5, 0.6) is 11.5 Å². The Kier molecular flexibility index (Phi) is 6.73. The number of nitrogens with one attached hydrogen (secondary N) is 1. The number of carbonyl (C=O) groups excluding carboxylic acids is 1. The minimum Gasteiger partial charge on any atom is -0.454 e. The molecule has 1 N–H and O–H groups in total. The summed E-state index contributed by atoms with van der Waals surface area (Å²) in [6, 6.07) is 11.5. The van der Waals surface area contributed by atoms with Gasteiger partial charge in [0.05, 0.1) is 11.0 Å². The van der Waals surface area contributed by atoms with Gasteiger partial charge in [0.25, 0.3) is 5.91 Å². The molecule has 10 heteroatoms. The molecule has 2 aromatic rings. The number of amides is 1. The first-order valence-electron chi connectivity index (χ1n) is 11.6. The number of benzene rings is 2. The molecule has 2 aromatic carbocycles. The van der Waals surface area contributed by atoms with E-state index in [4.69, 9.17) is 14.2 Å². The standard InChI is InChI=1S/C24H29N3O6S/c28-24(27-10-8-26(9-11-27)16-20-4-2-12-31-20)19-3-1-5-21(14-19)34(29,30)25-15-18-6-7-22-23(13-18)33-17-32-22/h1,3,5-7,13-14,20,25H,2,4,8-12,15-17H2/t20-/m0/s1. The average molecular weight is 488 g/mol. The van der Waals surface area contributed by atoms with Gasteiger partial charge in [-0.05, 0) is 48.7 Å². The Labute approximate surface area is 199 Å². The van der Waals surface area contributed by atoms with E-state index in [9.17, 15) is 13.2 Å². The molecule has 0 spiro atoms. The second-order valence-corrected chi connectivity index (χ2v) is 10.5. The molecule has 3 aliphatic rings. The molecule has 2 saturated heterocycles. The molecule has 9 nitrogen and oxygen atoms in total. The Hall–Kier alpha value is -2.66. The Bertz CT molecular complexity index is 1140. The van der Waals surface area contributed by atoms with Crippen molar-refractivity contribution in [3.8, 4) is 11.5 Å². The van der Waals surface area contributed by atoms with E-state index in [0.717, 1.165) is 44.6 Å². The van der Waals surface area contributed by atoms with Gasteiger partial charge in [0.2, 0.25) is 16.8 Å². The molecule has 0 aromatic heterocycles. The maximum Gasteiger partial charge on any atom is 0.253 e. The van der Waals surface area contributed by atoms with E-state index in [1.807, 2.05) is 0 Å². The molecule has 0 aliphatic carbocycles. The van der Waals surface area contributed by atoms with Gasteiger partial charge in [-0.3, -0.25) is 9.69 Å². The van der Waals surface area contributed by atoms with E-state index in [1.165, 1.54) is 12.1 Å². The zero-order valence-corrected chi connectivity index (χ0v) is 19.8. The lowest BCUT2D eigenvalue weighted by atomic mass is 10.1. The van der Waals surface area contributed by atoms with Crippen molar-refractivity contribution >= 4 is 15.9 Å². The van der Waals surface area contributed by atoms with Gasteiger partial charge in [-0.25, -0.2) is 13.1 Å². The third-order valence-corrected chi connectivity index (χ3v) is 7.84. The van der Waals surface area contributed by atoms with Crippen LogP contribution in [0.3, 0.4) is 0 Å². The van der Waals surface area contributed by atoms with E-state index in [1.54, 1.807) is 35.2 Å². The zero-order valence-electron chi connectivity index (χ0n) is 18.9. The Morgan fingerprint density at radius 1 is 1.03 bits per heavy atom. The summed E-state index contributed by atoms with van der Waals surface area (Å²) < 4.78 is 44.7. The second-order valence-electron chi connectivity index (χ2n) is 8.77. The number of piperazine rings is 1. The fraction of sp³-hybridized carbons (Fsp3) is 0.458. The minimum atomic E-state index is -3.80. The number of nitrogens with zero attached hydrogens (tertiary/aromatic N) is 2. The Morgan fingerprint density at radius 2 is 1.85 bits per heavy atom. The van der Waals surface area contributed by atoms with E-state index in [2.05, 4.69) is 9.62 Å². The molecule has 0 saturated carbocycles. The SMILES string of the molecule is O=C(c1cccc(S(=O)(=O)NCc2ccc3c(c2)OCO3)c1)N1CCN(C[C@@H]2CCCO2)CC1. The smallest absolute Gasteiger partial charge is 0.253 e. The molecule has 5 rings (SSSR count). The summed E-state index contributed by atoms with van der Waals surface area (Å²) in [5.74, 6) is 1.09. The van der Waals surface area contributed by atoms with Gasteiger partial charge in [-0.1, -0.05) is 12.1 Å². The van der Waals surface area contributed by atoms with Crippen molar-refractivity contribution in [3.63, 3.8) is 0 Å². The molecular formula is C24H29N3O6S. The van der Waals surface area contributed by atoms with Crippen LogP contribution in [0.25, 0.3) is 0 Å². The summed E-state index contributed by atoms with van der Waals surface area (Å²) in [5, 5.41) is 0. The highest BCUT2D eigenvalue weighted by Crippen LogP contribution is 2.32. The first-order chi connectivity index (χ1) is 16.5. The highest BCUT2D eigenvalue weighted by Gasteiger charge is 2.26. The summed E-state index contributed by atoms with van der Waals surface area (Å²) in [6.45, 7) is 4.83. The summed E-state index contributed by atoms with van der Waals surface area (Å²) in [7, 11) is -3.80. The number of fused-ring (bicyclic) bond motifs is 1. The van der Waals surface area contributed by atoms with Gasteiger partial charge in [0.1, 0.15) is 0 Å². The van der Waals surface area contributed by atoms with Crippen LogP contribution in [-0.2, 0) is 21.3 Å². The van der Waals surface area contributed by atoms with Crippen molar-refractivity contribution in [3.05, 3.63) is 53.6 Å². The molecule has 0 bridgehead atoms. The predicted molar refractivity (Wildman–Crippen MR) is 124 cm³/mol. The van der Waals surface area contributed by atoms with Gasteiger partial charge >= 0.3 is 0 Å². The van der Waals surface area contributed by atoms with E-state index >= 15 is 0 Å². The average Bonchev–Trinajstić information content (AvgIpc) is 3.55.